The number of aliphatic hydroxyl groups is 1. The molecule has 0 heterocycles. The molecule has 0 aromatic carbocycles. The first-order valence-corrected chi connectivity index (χ1v) is 8.20. The molecule has 106 valence electrons. The second kappa shape index (κ2) is 6.91. The molecule has 3 N–H and O–H groups in total. The highest BCUT2D eigenvalue weighted by Gasteiger charge is 2.38. The van der Waals surface area contributed by atoms with Gasteiger partial charge in [-0.2, -0.15) is 0 Å². The van der Waals surface area contributed by atoms with Crippen LogP contribution in [0, 0.1) is 5.92 Å². The van der Waals surface area contributed by atoms with Crippen molar-refractivity contribution in [2.24, 2.45) is 11.7 Å². The summed E-state index contributed by atoms with van der Waals surface area (Å²) in [7, 11) is 0. The lowest BCUT2D eigenvalue weighted by Gasteiger charge is -2.39. The standard InChI is InChI=1S/C16H31NO/c17-15(14-10-6-2-3-7-11-14)16(18)12-8-4-1-5-9-13-16/h14-15,18H,1-13,17H2. The molecule has 0 aromatic rings. The predicted molar refractivity (Wildman–Crippen MR) is 76.4 cm³/mol. The van der Waals surface area contributed by atoms with E-state index < -0.39 is 5.60 Å². The first-order valence-electron chi connectivity index (χ1n) is 8.20. The maximum absolute atomic E-state index is 11.0. The molecular formula is C16H31NO. The van der Waals surface area contributed by atoms with E-state index in [0.29, 0.717) is 5.92 Å². The highest BCUT2D eigenvalue weighted by atomic mass is 16.3. The van der Waals surface area contributed by atoms with Crippen LogP contribution in [0.3, 0.4) is 0 Å². The molecule has 0 bridgehead atoms. The molecule has 2 fully saturated rings. The Hall–Kier alpha value is -0.0800. The fourth-order valence-electron chi connectivity index (χ4n) is 3.96. The zero-order valence-corrected chi connectivity index (χ0v) is 11.9. The van der Waals surface area contributed by atoms with E-state index in [1.54, 1.807) is 0 Å². The Morgan fingerprint density at radius 1 is 0.778 bits per heavy atom. The van der Waals surface area contributed by atoms with Gasteiger partial charge in [-0.15, -0.1) is 0 Å². The smallest absolute Gasteiger partial charge is 0.0800 e. The van der Waals surface area contributed by atoms with Crippen LogP contribution in [-0.2, 0) is 0 Å². The molecule has 2 aliphatic carbocycles. The molecule has 2 nitrogen and oxygen atoms in total. The van der Waals surface area contributed by atoms with Crippen LogP contribution in [0.4, 0.5) is 0 Å². The summed E-state index contributed by atoms with van der Waals surface area (Å²) >= 11 is 0. The van der Waals surface area contributed by atoms with Crippen molar-refractivity contribution in [2.75, 3.05) is 0 Å². The minimum absolute atomic E-state index is 0.0219. The molecule has 18 heavy (non-hydrogen) atoms. The van der Waals surface area contributed by atoms with Crippen LogP contribution in [0.25, 0.3) is 0 Å². The first kappa shape index (κ1) is 14.3. The molecule has 2 rings (SSSR count). The lowest BCUT2D eigenvalue weighted by molar-refractivity contribution is -0.0291. The zero-order valence-electron chi connectivity index (χ0n) is 11.9. The summed E-state index contributed by atoms with van der Waals surface area (Å²) in [6.45, 7) is 0. The van der Waals surface area contributed by atoms with Gasteiger partial charge in [0.25, 0.3) is 0 Å². The predicted octanol–water partition coefficient (Wildman–Crippen LogP) is 3.76. The van der Waals surface area contributed by atoms with Crippen LogP contribution >= 0.6 is 0 Å². The molecule has 0 aromatic heterocycles. The summed E-state index contributed by atoms with van der Waals surface area (Å²) in [6.07, 6.45) is 15.9. The van der Waals surface area contributed by atoms with E-state index in [2.05, 4.69) is 0 Å². The van der Waals surface area contributed by atoms with Crippen molar-refractivity contribution < 1.29 is 5.11 Å². The van der Waals surface area contributed by atoms with Crippen molar-refractivity contribution in [1.82, 2.24) is 0 Å². The largest absolute Gasteiger partial charge is 0.388 e. The maximum atomic E-state index is 11.0. The average Bonchev–Trinajstić information content (AvgIpc) is 2.62. The van der Waals surface area contributed by atoms with Gasteiger partial charge < -0.3 is 10.8 Å². The van der Waals surface area contributed by atoms with E-state index in [4.69, 9.17) is 5.73 Å². The SMILES string of the molecule is NC(C1CCCCCC1)C1(O)CCCCCCC1. The highest BCUT2D eigenvalue weighted by Crippen LogP contribution is 2.35. The Balaban J connectivity index is 1.96. The molecule has 0 amide bonds. The number of rotatable bonds is 2. The van der Waals surface area contributed by atoms with Gasteiger partial charge >= 0.3 is 0 Å². The van der Waals surface area contributed by atoms with E-state index >= 15 is 0 Å². The molecule has 2 saturated carbocycles. The Morgan fingerprint density at radius 3 is 1.78 bits per heavy atom. The van der Waals surface area contributed by atoms with Crippen LogP contribution < -0.4 is 5.73 Å². The molecular weight excluding hydrogens is 222 g/mol. The van der Waals surface area contributed by atoms with Gasteiger partial charge in [0.15, 0.2) is 0 Å². The average molecular weight is 253 g/mol. The minimum atomic E-state index is -0.560. The third-order valence-corrected chi connectivity index (χ3v) is 5.25. The summed E-state index contributed by atoms with van der Waals surface area (Å²) < 4.78 is 0. The van der Waals surface area contributed by atoms with Gasteiger partial charge in [-0.05, 0) is 31.6 Å². The number of nitrogens with two attached hydrogens (primary N) is 1. The van der Waals surface area contributed by atoms with Crippen LogP contribution in [0.5, 0.6) is 0 Å². The molecule has 0 spiro atoms. The third kappa shape index (κ3) is 3.71. The number of hydrogen-bond donors (Lipinski definition) is 2. The Kier molecular flexibility index (Phi) is 5.50. The molecule has 0 aliphatic heterocycles. The van der Waals surface area contributed by atoms with Gasteiger partial charge in [-0.3, -0.25) is 0 Å². The normalized spacial score (nSPS) is 29.0. The van der Waals surface area contributed by atoms with E-state index in [1.807, 2.05) is 0 Å². The summed E-state index contributed by atoms with van der Waals surface area (Å²) in [4.78, 5) is 0. The number of hydrogen-bond acceptors (Lipinski definition) is 2. The second-order valence-electron chi connectivity index (χ2n) is 6.65. The van der Waals surface area contributed by atoms with Gasteiger partial charge in [-0.25, -0.2) is 0 Å². The van der Waals surface area contributed by atoms with Gasteiger partial charge in [0, 0.05) is 6.04 Å². The highest BCUT2D eigenvalue weighted by molar-refractivity contribution is 4.94. The monoisotopic (exact) mass is 253 g/mol. The summed E-state index contributed by atoms with van der Waals surface area (Å²) in [5, 5.41) is 11.0. The molecule has 0 saturated heterocycles. The van der Waals surface area contributed by atoms with E-state index in [0.717, 1.165) is 25.7 Å². The summed E-state index contributed by atoms with van der Waals surface area (Å²) in [6, 6.07) is 0.0219. The van der Waals surface area contributed by atoms with Gasteiger partial charge in [0.2, 0.25) is 0 Å². The molecule has 2 heteroatoms. The quantitative estimate of drug-likeness (QED) is 0.736. The Morgan fingerprint density at radius 2 is 1.22 bits per heavy atom. The van der Waals surface area contributed by atoms with Gasteiger partial charge in [0.05, 0.1) is 5.60 Å². The molecule has 1 atom stereocenters. The van der Waals surface area contributed by atoms with Crippen molar-refractivity contribution >= 4 is 0 Å². The van der Waals surface area contributed by atoms with Crippen molar-refractivity contribution in [3.63, 3.8) is 0 Å². The van der Waals surface area contributed by atoms with Gasteiger partial charge in [-0.1, -0.05) is 57.8 Å². The maximum Gasteiger partial charge on any atom is 0.0800 e. The lowest BCUT2D eigenvalue weighted by atomic mass is 9.75. The van der Waals surface area contributed by atoms with E-state index in [9.17, 15) is 5.11 Å². The van der Waals surface area contributed by atoms with E-state index in [1.165, 1.54) is 57.8 Å². The van der Waals surface area contributed by atoms with Crippen molar-refractivity contribution in [2.45, 2.75) is 95.1 Å². The Labute approximate surface area is 112 Å². The fourth-order valence-corrected chi connectivity index (χ4v) is 3.96. The van der Waals surface area contributed by atoms with Crippen LogP contribution in [0.15, 0.2) is 0 Å². The van der Waals surface area contributed by atoms with Gasteiger partial charge in [0.1, 0.15) is 0 Å². The first-order chi connectivity index (χ1) is 8.72. The summed E-state index contributed by atoms with van der Waals surface area (Å²) in [5.41, 5.74) is 5.94. The molecule has 0 radical (unpaired) electrons. The topological polar surface area (TPSA) is 46.2 Å². The molecule has 2 aliphatic rings. The lowest BCUT2D eigenvalue weighted by Crippen LogP contribution is -2.52. The third-order valence-electron chi connectivity index (χ3n) is 5.25. The van der Waals surface area contributed by atoms with Crippen molar-refractivity contribution in [3.8, 4) is 0 Å². The summed E-state index contributed by atoms with van der Waals surface area (Å²) in [5.74, 6) is 0.567. The van der Waals surface area contributed by atoms with Crippen molar-refractivity contribution in [1.29, 1.82) is 0 Å². The zero-order chi connectivity index (χ0) is 12.8. The van der Waals surface area contributed by atoms with Crippen LogP contribution in [-0.4, -0.2) is 16.7 Å². The minimum Gasteiger partial charge on any atom is -0.388 e. The Bertz CT molecular complexity index is 225. The van der Waals surface area contributed by atoms with E-state index in [-0.39, 0.29) is 6.04 Å². The fraction of sp³-hybridized carbons (Fsp3) is 1.00. The van der Waals surface area contributed by atoms with Crippen LogP contribution in [0.2, 0.25) is 0 Å². The second-order valence-corrected chi connectivity index (χ2v) is 6.65. The van der Waals surface area contributed by atoms with Crippen LogP contribution in [0.1, 0.15) is 83.5 Å². The molecule has 1 unspecified atom stereocenters. The van der Waals surface area contributed by atoms with Crippen molar-refractivity contribution in [3.05, 3.63) is 0 Å².